The second-order valence-electron chi connectivity index (χ2n) is 3.94. The summed E-state index contributed by atoms with van der Waals surface area (Å²) in [4.78, 5) is 35.2. The van der Waals surface area contributed by atoms with Crippen molar-refractivity contribution in [2.45, 2.75) is 0 Å². The van der Waals surface area contributed by atoms with Crippen molar-refractivity contribution in [1.82, 2.24) is 4.98 Å². The van der Waals surface area contributed by atoms with E-state index in [2.05, 4.69) is 4.98 Å². The van der Waals surface area contributed by atoms with Gasteiger partial charge in [0.15, 0.2) is 0 Å². The Kier molecular flexibility index (Phi) is 3.34. The van der Waals surface area contributed by atoms with Crippen LogP contribution in [0.1, 0.15) is 20.7 Å². The number of carboxylic acid groups (broad SMARTS) is 2. The molecule has 0 saturated carbocycles. The van der Waals surface area contributed by atoms with E-state index in [1.54, 1.807) is 0 Å². The topological polar surface area (TPSA) is 107 Å². The van der Waals surface area contributed by atoms with Crippen molar-refractivity contribution in [3.8, 4) is 11.1 Å². The van der Waals surface area contributed by atoms with Gasteiger partial charge < -0.3 is 15.2 Å². The lowest BCUT2D eigenvalue weighted by atomic mass is 10.0. The fourth-order valence-corrected chi connectivity index (χ4v) is 1.68. The summed E-state index contributed by atoms with van der Waals surface area (Å²) in [7, 11) is 0. The van der Waals surface area contributed by atoms with Crippen LogP contribution in [0.15, 0.2) is 35.3 Å². The van der Waals surface area contributed by atoms with E-state index in [1.165, 1.54) is 0 Å². The first-order chi connectivity index (χ1) is 9.40. The van der Waals surface area contributed by atoms with Gasteiger partial charge in [-0.25, -0.2) is 14.0 Å². The number of hydrogen-bond acceptors (Lipinski definition) is 3. The number of H-pyrrole nitrogens is 1. The lowest BCUT2D eigenvalue weighted by Crippen LogP contribution is -2.16. The number of aromatic nitrogens is 1. The number of benzene rings is 1. The highest BCUT2D eigenvalue weighted by Gasteiger charge is 2.14. The summed E-state index contributed by atoms with van der Waals surface area (Å²) >= 11 is 0. The van der Waals surface area contributed by atoms with Crippen LogP contribution in [0.5, 0.6) is 0 Å². The Hall–Kier alpha value is -2.96. The number of hydrogen-bond donors (Lipinski definition) is 3. The molecular weight excluding hydrogens is 269 g/mol. The molecule has 0 unspecified atom stereocenters. The number of halogens is 1. The van der Waals surface area contributed by atoms with Gasteiger partial charge in [-0.15, -0.1) is 0 Å². The number of aromatic amines is 1. The molecule has 6 nitrogen and oxygen atoms in total. The zero-order valence-corrected chi connectivity index (χ0v) is 9.88. The van der Waals surface area contributed by atoms with Gasteiger partial charge >= 0.3 is 11.9 Å². The quantitative estimate of drug-likeness (QED) is 0.789. The molecule has 0 aliphatic rings. The third-order valence-electron chi connectivity index (χ3n) is 2.66. The van der Waals surface area contributed by atoms with Crippen LogP contribution in [0.4, 0.5) is 4.39 Å². The Morgan fingerprint density at radius 3 is 2.40 bits per heavy atom. The van der Waals surface area contributed by atoms with Gasteiger partial charge in [0.25, 0.3) is 5.56 Å². The molecule has 0 atom stereocenters. The van der Waals surface area contributed by atoms with Crippen LogP contribution >= 0.6 is 0 Å². The van der Waals surface area contributed by atoms with Crippen LogP contribution in [-0.2, 0) is 0 Å². The lowest BCUT2D eigenvalue weighted by molar-refractivity contribution is 0.0685. The van der Waals surface area contributed by atoms with Gasteiger partial charge in [-0.05, 0) is 24.3 Å². The number of nitrogens with one attached hydrogen (secondary N) is 1. The van der Waals surface area contributed by atoms with Crippen molar-refractivity contribution < 1.29 is 24.2 Å². The molecule has 2 aromatic rings. The Bertz CT molecular complexity index is 766. The summed E-state index contributed by atoms with van der Waals surface area (Å²) in [5.41, 5.74) is -1.56. The second-order valence-corrected chi connectivity index (χ2v) is 3.94. The molecule has 0 saturated heterocycles. The van der Waals surface area contributed by atoms with Gasteiger partial charge in [0, 0.05) is 17.3 Å². The summed E-state index contributed by atoms with van der Waals surface area (Å²) in [5, 5.41) is 17.7. The van der Waals surface area contributed by atoms with Gasteiger partial charge in [0.1, 0.15) is 11.4 Å². The average Bonchev–Trinajstić information content (AvgIpc) is 2.39. The zero-order valence-electron chi connectivity index (χ0n) is 9.88. The van der Waals surface area contributed by atoms with Crippen LogP contribution in [0, 0.1) is 5.82 Å². The molecule has 3 N–H and O–H groups in total. The third kappa shape index (κ3) is 2.41. The summed E-state index contributed by atoms with van der Waals surface area (Å²) in [6.45, 7) is 0. The van der Waals surface area contributed by atoms with Gasteiger partial charge in [-0.3, -0.25) is 4.79 Å². The van der Waals surface area contributed by atoms with Crippen LogP contribution in [-0.4, -0.2) is 27.1 Å². The summed E-state index contributed by atoms with van der Waals surface area (Å²) in [6, 6.07) is 4.11. The van der Waals surface area contributed by atoms with Crippen LogP contribution in [0.2, 0.25) is 0 Å². The first-order valence-corrected chi connectivity index (χ1v) is 5.39. The average molecular weight is 277 g/mol. The van der Waals surface area contributed by atoms with Crippen LogP contribution < -0.4 is 5.56 Å². The molecular formula is C13H8FNO5. The summed E-state index contributed by atoms with van der Waals surface area (Å²) in [6.07, 6.45) is 1.12. The molecule has 0 fully saturated rings. The maximum absolute atomic E-state index is 13.7. The van der Waals surface area contributed by atoms with E-state index in [9.17, 15) is 18.8 Å². The smallest absolute Gasteiger partial charge is 0.341 e. The largest absolute Gasteiger partial charge is 0.478 e. The first-order valence-electron chi connectivity index (χ1n) is 5.39. The Labute approximate surface area is 111 Å². The summed E-state index contributed by atoms with van der Waals surface area (Å²) in [5.74, 6) is -3.42. The molecule has 1 heterocycles. The SMILES string of the molecule is O=C(O)c1ccc(F)c(-c2c[nH]c(=O)c(C(=O)O)c2)c1. The zero-order chi connectivity index (χ0) is 14.9. The minimum Gasteiger partial charge on any atom is -0.478 e. The normalized spacial score (nSPS) is 10.2. The minimum absolute atomic E-state index is 0.0719. The van der Waals surface area contributed by atoms with E-state index in [-0.39, 0.29) is 16.7 Å². The highest BCUT2D eigenvalue weighted by Crippen LogP contribution is 2.23. The predicted octanol–water partition coefficient (Wildman–Crippen LogP) is 1.58. The highest BCUT2D eigenvalue weighted by atomic mass is 19.1. The van der Waals surface area contributed by atoms with E-state index in [1.807, 2.05) is 0 Å². The molecule has 0 amide bonds. The summed E-state index contributed by atoms with van der Waals surface area (Å²) < 4.78 is 13.7. The van der Waals surface area contributed by atoms with Crippen LogP contribution in [0.3, 0.4) is 0 Å². The maximum Gasteiger partial charge on any atom is 0.341 e. The minimum atomic E-state index is -1.46. The Morgan fingerprint density at radius 1 is 1.10 bits per heavy atom. The first kappa shape index (κ1) is 13.5. The van der Waals surface area contributed by atoms with Crippen molar-refractivity contribution in [2.24, 2.45) is 0 Å². The lowest BCUT2D eigenvalue weighted by Gasteiger charge is -2.05. The predicted molar refractivity (Wildman–Crippen MR) is 66.4 cm³/mol. The van der Waals surface area contributed by atoms with E-state index in [4.69, 9.17) is 10.2 Å². The molecule has 0 aliphatic heterocycles. The van der Waals surface area contributed by atoms with E-state index in [0.29, 0.717) is 0 Å². The monoisotopic (exact) mass is 277 g/mol. The molecule has 7 heteroatoms. The fourth-order valence-electron chi connectivity index (χ4n) is 1.68. The fraction of sp³-hybridized carbons (Fsp3) is 0. The van der Waals surface area contributed by atoms with E-state index >= 15 is 0 Å². The molecule has 1 aromatic carbocycles. The number of carboxylic acids is 2. The van der Waals surface area contributed by atoms with Gasteiger partial charge in [0.05, 0.1) is 5.56 Å². The Morgan fingerprint density at radius 2 is 1.80 bits per heavy atom. The molecule has 0 spiro atoms. The molecule has 20 heavy (non-hydrogen) atoms. The second kappa shape index (κ2) is 4.96. The molecule has 0 aliphatic carbocycles. The van der Waals surface area contributed by atoms with Crippen molar-refractivity contribution in [1.29, 1.82) is 0 Å². The number of carbonyl (C=O) groups is 2. The van der Waals surface area contributed by atoms with E-state index in [0.717, 1.165) is 30.5 Å². The number of aromatic carboxylic acids is 2. The molecule has 2 rings (SSSR count). The third-order valence-corrected chi connectivity index (χ3v) is 2.66. The standard InChI is InChI=1S/C13H8FNO5/c14-10-2-1-6(12(17)18)3-8(10)7-4-9(13(19)20)11(16)15-5-7/h1-5H,(H,15,16)(H,17,18)(H,19,20). The van der Waals surface area contributed by atoms with E-state index < -0.39 is 28.9 Å². The van der Waals surface area contributed by atoms with Crippen molar-refractivity contribution in [2.75, 3.05) is 0 Å². The van der Waals surface area contributed by atoms with Gasteiger partial charge in [0.2, 0.25) is 0 Å². The maximum atomic E-state index is 13.7. The van der Waals surface area contributed by atoms with Crippen LogP contribution in [0.25, 0.3) is 11.1 Å². The number of pyridine rings is 1. The van der Waals surface area contributed by atoms with Crippen molar-refractivity contribution >= 4 is 11.9 Å². The van der Waals surface area contributed by atoms with Crippen molar-refractivity contribution in [3.63, 3.8) is 0 Å². The number of rotatable bonds is 3. The molecule has 0 radical (unpaired) electrons. The molecule has 0 bridgehead atoms. The van der Waals surface area contributed by atoms with Crippen molar-refractivity contribution in [3.05, 3.63) is 57.8 Å². The van der Waals surface area contributed by atoms with Gasteiger partial charge in [-0.1, -0.05) is 0 Å². The Balaban J connectivity index is 2.65. The van der Waals surface area contributed by atoms with Gasteiger partial charge in [-0.2, -0.15) is 0 Å². The highest BCUT2D eigenvalue weighted by molar-refractivity contribution is 5.91. The molecule has 102 valence electrons. The molecule has 1 aromatic heterocycles.